The Morgan fingerprint density at radius 1 is 1.25 bits per heavy atom. The van der Waals surface area contributed by atoms with Gasteiger partial charge in [0, 0.05) is 18.8 Å². The third-order valence-electron chi connectivity index (χ3n) is 3.16. The molecule has 0 bridgehead atoms. The van der Waals surface area contributed by atoms with E-state index in [1.165, 1.54) is 0 Å². The van der Waals surface area contributed by atoms with Crippen LogP contribution in [-0.4, -0.2) is 30.6 Å². The first-order chi connectivity index (χ1) is 7.78. The summed E-state index contributed by atoms with van der Waals surface area (Å²) in [7, 11) is 0. The molecule has 0 unspecified atom stereocenters. The summed E-state index contributed by atoms with van der Waals surface area (Å²) in [5.74, 6) is 0.934. The van der Waals surface area contributed by atoms with Crippen molar-refractivity contribution in [1.82, 2.24) is 4.90 Å². The minimum atomic E-state index is 0.367. The van der Waals surface area contributed by atoms with Gasteiger partial charge < -0.3 is 15.4 Å². The molecule has 2 N–H and O–H groups in total. The van der Waals surface area contributed by atoms with Gasteiger partial charge in [0.25, 0.3) is 0 Å². The molecule has 2 rings (SSSR count). The van der Waals surface area contributed by atoms with Gasteiger partial charge in [-0.3, -0.25) is 0 Å². The van der Waals surface area contributed by atoms with Crippen LogP contribution in [0, 0.1) is 0 Å². The van der Waals surface area contributed by atoms with E-state index in [4.69, 9.17) is 10.5 Å². The topological polar surface area (TPSA) is 38.5 Å². The molecule has 1 fully saturated rings. The first-order valence-corrected chi connectivity index (χ1v) is 6.02. The molecule has 0 radical (unpaired) electrons. The lowest BCUT2D eigenvalue weighted by atomic mass is 10.1. The van der Waals surface area contributed by atoms with Crippen LogP contribution in [0.3, 0.4) is 0 Å². The molecular weight excluding hydrogens is 200 g/mol. The zero-order chi connectivity index (χ0) is 11.4. The monoisotopic (exact) mass is 220 g/mol. The Kier molecular flexibility index (Phi) is 3.67. The summed E-state index contributed by atoms with van der Waals surface area (Å²) < 4.78 is 5.92. The van der Waals surface area contributed by atoms with Gasteiger partial charge in [0.15, 0.2) is 0 Å². The Balaban J connectivity index is 1.84. The number of hydrogen-bond donors (Lipinski definition) is 1. The van der Waals surface area contributed by atoms with E-state index >= 15 is 0 Å². The van der Waals surface area contributed by atoms with Gasteiger partial charge in [0.2, 0.25) is 0 Å². The van der Waals surface area contributed by atoms with Gasteiger partial charge in [-0.05, 0) is 43.7 Å². The Hall–Kier alpha value is -1.22. The van der Waals surface area contributed by atoms with Gasteiger partial charge in [-0.15, -0.1) is 0 Å². The molecule has 1 aliphatic heterocycles. The van der Waals surface area contributed by atoms with Gasteiger partial charge in [0.1, 0.15) is 11.9 Å². The third-order valence-corrected chi connectivity index (χ3v) is 3.16. The molecule has 1 aliphatic rings. The van der Waals surface area contributed by atoms with Crippen LogP contribution in [0.15, 0.2) is 24.3 Å². The lowest BCUT2D eigenvalue weighted by Gasteiger charge is -2.31. The van der Waals surface area contributed by atoms with Crippen LogP contribution in [0.1, 0.15) is 19.8 Å². The van der Waals surface area contributed by atoms with Crippen molar-refractivity contribution in [3.8, 4) is 5.75 Å². The maximum atomic E-state index is 5.92. The number of nitrogen functional groups attached to an aromatic ring is 1. The summed E-state index contributed by atoms with van der Waals surface area (Å²) in [5, 5.41) is 0. The number of nitrogens with two attached hydrogens (primary N) is 1. The number of rotatable bonds is 3. The quantitative estimate of drug-likeness (QED) is 0.793. The van der Waals surface area contributed by atoms with E-state index in [1.807, 2.05) is 24.3 Å². The molecule has 1 saturated heterocycles. The van der Waals surface area contributed by atoms with Gasteiger partial charge in [-0.1, -0.05) is 6.92 Å². The smallest absolute Gasteiger partial charge is 0.119 e. The minimum Gasteiger partial charge on any atom is -0.490 e. The highest BCUT2D eigenvalue weighted by Crippen LogP contribution is 2.19. The molecule has 0 aromatic heterocycles. The average molecular weight is 220 g/mol. The van der Waals surface area contributed by atoms with Crippen LogP contribution >= 0.6 is 0 Å². The zero-order valence-corrected chi connectivity index (χ0v) is 9.86. The largest absolute Gasteiger partial charge is 0.490 e. The number of anilines is 1. The number of ether oxygens (including phenoxy) is 1. The number of benzene rings is 1. The molecule has 3 nitrogen and oxygen atoms in total. The fraction of sp³-hybridized carbons (Fsp3) is 0.538. The van der Waals surface area contributed by atoms with Crippen molar-refractivity contribution >= 4 is 5.69 Å². The molecule has 0 atom stereocenters. The van der Waals surface area contributed by atoms with E-state index in [2.05, 4.69) is 11.8 Å². The van der Waals surface area contributed by atoms with Crippen LogP contribution in [0.2, 0.25) is 0 Å². The second-order valence-electron chi connectivity index (χ2n) is 4.32. The van der Waals surface area contributed by atoms with E-state index in [-0.39, 0.29) is 0 Å². The van der Waals surface area contributed by atoms with E-state index in [0.717, 1.165) is 43.9 Å². The number of piperidine rings is 1. The van der Waals surface area contributed by atoms with Crippen LogP contribution in [0.25, 0.3) is 0 Å². The van der Waals surface area contributed by atoms with Crippen molar-refractivity contribution in [1.29, 1.82) is 0 Å². The summed E-state index contributed by atoms with van der Waals surface area (Å²) in [5.41, 5.74) is 6.42. The van der Waals surface area contributed by atoms with Gasteiger partial charge >= 0.3 is 0 Å². The van der Waals surface area contributed by atoms with Crippen molar-refractivity contribution in [3.63, 3.8) is 0 Å². The predicted octanol–water partition coefficient (Wildman–Crippen LogP) is 2.13. The summed E-state index contributed by atoms with van der Waals surface area (Å²) >= 11 is 0. The number of nitrogens with zero attached hydrogens (tertiary/aromatic N) is 1. The predicted molar refractivity (Wildman–Crippen MR) is 66.6 cm³/mol. The molecule has 0 saturated carbocycles. The van der Waals surface area contributed by atoms with E-state index < -0.39 is 0 Å². The van der Waals surface area contributed by atoms with Crippen LogP contribution in [-0.2, 0) is 0 Å². The molecule has 16 heavy (non-hydrogen) atoms. The highest BCUT2D eigenvalue weighted by Gasteiger charge is 2.19. The van der Waals surface area contributed by atoms with Crippen molar-refractivity contribution in [3.05, 3.63) is 24.3 Å². The second kappa shape index (κ2) is 5.21. The van der Waals surface area contributed by atoms with Crippen molar-refractivity contribution in [2.75, 3.05) is 25.4 Å². The Morgan fingerprint density at radius 3 is 2.44 bits per heavy atom. The molecule has 3 heteroatoms. The van der Waals surface area contributed by atoms with E-state index in [1.54, 1.807) is 0 Å². The second-order valence-corrected chi connectivity index (χ2v) is 4.32. The Labute approximate surface area is 97.2 Å². The third kappa shape index (κ3) is 2.89. The van der Waals surface area contributed by atoms with Crippen molar-refractivity contribution < 1.29 is 4.74 Å². The highest BCUT2D eigenvalue weighted by molar-refractivity contribution is 5.41. The SMILES string of the molecule is CCN1CCC(Oc2ccc(N)cc2)CC1. The first kappa shape index (κ1) is 11.3. The molecule has 1 aromatic carbocycles. The number of hydrogen-bond acceptors (Lipinski definition) is 3. The maximum Gasteiger partial charge on any atom is 0.119 e. The average Bonchev–Trinajstić information content (AvgIpc) is 2.33. The molecular formula is C13H20N2O. The summed E-state index contributed by atoms with van der Waals surface area (Å²) in [4.78, 5) is 2.46. The summed E-state index contributed by atoms with van der Waals surface area (Å²) in [6, 6.07) is 7.66. The molecule has 1 aromatic rings. The Morgan fingerprint density at radius 2 is 1.88 bits per heavy atom. The highest BCUT2D eigenvalue weighted by atomic mass is 16.5. The lowest BCUT2D eigenvalue weighted by molar-refractivity contribution is 0.104. The summed E-state index contributed by atoms with van der Waals surface area (Å²) in [6.45, 7) is 5.65. The van der Waals surface area contributed by atoms with E-state index in [9.17, 15) is 0 Å². The standard InChI is InChI=1S/C13H20N2O/c1-2-15-9-7-13(8-10-15)16-12-5-3-11(14)4-6-12/h3-6,13H,2,7-10,14H2,1H3. The van der Waals surface area contributed by atoms with Crippen LogP contribution in [0.4, 0.5) is 5.69 Å². The fourth-order valence-electron chi connectivity index (χ4n) is 2.08. The molecule has 0 spiro atoms. The molecule has 0 amide bonds. The maximum absolute atomic E-state index is 5.92. The minimum absolute atomic E-state index is 0.367. The fourth-order valence-corrected chi connectivity index (χ4v) is 2.08. The zero-order valence-electron chi connectivity index (χ0n) is 9.86. The van der Waals surface area contributed by atoms with Gasteiger partial charge in [-0.25, -0.2) is 0 Å². The van der Waals surface area contributed by atoms with Gasteiger partial charge in [0.05, 0.1) is 0 Å². The number of likely N-dealkylation sites (tertiary alicyclic amines) is 1. The van der Waals surface area contributed by atoms with Gasteiger partial charge in [-0.2, -0.15) is 0 Å². The van der Waals surface area contributed by atoms with Crippen molar-refractivity contribution in [2.24, 2.45) is 0 Å². The van der Waals surface area contributed by atoms with E-state index in [0.29, 0.717) is 6.10 Å². The van der Waals surface area contributed by atoms with Crippen LogP contribution in [0.5, 0.6) is 5.75 Å². The molecule has 0 aliphatic carbocycles. The molecule has 1 heterocycles. The van der Waals surface area contributed by atoms with Crippen LogP contribution < -0.4 is 10.5 Å². The summed E-state index contributed by atoms with van der Waals surface area (Å²) in [6.07, 6.45) is 2.61. The molecule has 88 valence electrons. The first-order valence-electron chi connectivity index (χ1n) is 6.02. The van der Waals surface area contributed by atoms with Crippen molar-refractivity contribution in [2.45, 2.75) is 25.9 Å². The lowest BCUT2D eigenvalue weighted by Crippen LogP contribution is -2.37. The Bertz CT molecular complexity index is 315. The normalized spacial score (nSPS) is 18.6.